The van der Waals surface area contributed by atoms with Crippen LogP contribution in [-0.2, 0) is 5.54 Å². The lowest BCUT2D eigenvalue weighted by Crippen LogP contribution is -2.33. The van der Waals surface area contributed by atoms with Gasteiger partial charge in [0.05, 0.1) is 12.0 Å². The van der Waals surface area contributed by atoms with E-state index in [-0.39, 0.29) is 5.54 Å². The van der Waals surface area contributed by atoms with Crippen molar-refractivity contribution in [2.45, 2.75) is 31.2 Å². The summed E-state index contributed by atoms with van der Waals surface area (Å²) in [4.78, 5) is 4.07. The zero-order valence-corrected chi connectivity index (χ0v) is 11.7. The van der Waals surface area contributed by atoms with E-state index in [1.54, 1.807) is 12.5 Å². The summed E-state index contributed by atoms with van der Waals surface area (Å²) in [6.45, 7) is 0. The first-order valence-corrected chi connectivity index (χ1v) is 7.06. The Morgan fingerprint density at radius 2 is 2.06 bits per heavy atom. The number of aromatic nitrogens is 2. The molecule has 1 saturated carbocycles. The fraction of sp³-hybridized carbons (Fsp3) is 0.357. The molecule has 0 bridgehead atoms. The Bertz CT molecular complexity index is 542. The third kappa shape index (κ3) is 1.99. The van der Waals surface area contributed by atoms with Crippen molar-refractivity contribution in [3.8, 4) is 5.69 Å². The minimum Gasteiger partial charge on any atom is -0.321 e. The molecule has 0 atom stereocenters. The minimum absolute atomic E-state index is 0.129. The predicted molar refractivity (Wildman–Crippen MR) is 75.6 cm³/mol. The molecular formula is C14H16BrN3. The summed E-state index contributed by atoms with van der Waals surface area (Å²) in [7, 11) is 0. The van der Waals surface area contributed by atoms with Gasteiger partial charge in [0.25, 0.3) is 0 Å². The van der Waals surface area contributed by atoms with E-state index in [9.17, 15) is 0 Å². The van der Waals surface area contributed by atoms with Crippen LogP contribution in [-0.4, -0.2) is 9.55 Å². The molecule has 0 amide bonds. The first-order valence-electron chi connectivity index (χ1n) is 6.26. The third-order valence-corrected chi connectivity index (χ3v) is 4.44. The quantitative estimate of drug-likeness (QED) is 0.924. The highest BCUT2D eigenvalue weighted by Gasteiger charge is 2.31. The molecule has 1 aliphatic carbocycles. The van der Waals surface area contributed by atoms with Gasteiger partial charge in [-0.25, -0.2) is 4.98 Å². The number of nitrogens with two attached hydrogens (primary N) is 1. The van der Waals surface area contributed by atoms with Crippen LogP contribution in [0.5, 0.6) is 0 Å². The van der Waals surface area contributed by atoms with Gasteiger partial charge in [-0.05, 0) is 46.5 Å². The van der Waals surface area contributed by atoms with Gasteiger partial charge in [0.15, 0.2) is 0 Å². The van der Waals surface area contributed by atoms with Gasteiger partial charge >= 0.3 is 0 Å². The van der Waals surface area contributed by atoms with Gasteiger partial charge in [0, 0.05) is 22.4 Å². The molecule has 0 radical (unpaired) electrons. The average Bonchev–Trinajstić information content (AvgIpc) is 3.00. The van der Waals surface area contributed by atoms with Crippen LogP contribution in [0.3, 0.4) is 0 Å². The van der Waals surface area contributed by atoms with Crippen LogP contribution in [0, 0.1) is 0 Å². The van der Waals surface area contributed by atoms with Crippen molar-refractivity contribution in [1.82, 2.24) is 9.55 Å². The van der Waals surface area contributed by atoms with Crippen molar-refractivity contribution in [2.24, 2.45) is 5.73 Å². The smallest absolute Gasteiger partial charge is 0.0992 e. The second-order valence-electron chi connectivity index (χ2n) is 5.00. The molecule has 1 heterocycles. The number of imidazole rings is 1. The van der Waals surface area contributed by atoms with E-state index in [4.69, 9.17) is 5.73 Å². The van der Waals surface area contributed by atoms with Crippen LogP contribution in [0.25, 0.3) is 5.69 Å². The topological polar surface area (TPSA) is 43.8 Å². The fourth-order valence-corrected chi connectivity index (χ4v) is 3.31. The number of halogens is 1. The zero-order valence-electron chi connectivity index (χ0n) is 10.1. The molecule has 94 valence electrons. The average molecular weight is 306 g/mol. The van der Waals surface area contributed by atoms with Gasteiger partial charge < -0.3 is 10.3 Å². The lowest BCUT2D eigenvalue weighted by Gasteiger charge is -2.25. The maximum absolute atomic E-state index is 6.48. The number of hydrogen-bond donors (Lipinski definition) is 1. The summed E-state index contributed by atoms with van der Waals surface area (Å²) >= 11 is 3.64. The van der Waals surface area contributed by atoms with E-state index in [1.165, 1.54) is 18.4 Å². The Balaban J connectivity index is 1.99. The summed E-state index contributed by atoms with van der Waals surface area (Å²) in [5, 5.41) is 0. The molecule has 18 heavy (non-hydrogen) atoms. The van der Waals surface area contributed by atoms with Crippen molar-refractivity contribution < 1.29 is 0 Å². The van der Waals surface area contributed by atoms with E-state index >= 15 is 0 Å². The molecule has 3 rings (SSSR count). The molecule has 4 heteroatoms. The Kier molecular flexibility index (Phi) is 2.99. The van der Waals surface area contributed by atoms with E-state index < -0.39 is 0 Å². The number of rotatable bonds is 2. The van der Waals surface area contributed by atoms with Crippen LogP contribution in [0.1, 0.15) is 31.2 Å². The van der Waals surface area contributed by atoms with Crippen molar-refractivity contribution >= 4 is 15.9 Å². The number of hydrogen-bond acceptors (Lipinski definition) is 2. The van der Waals surface area contributed by atoms with Crippen LogP contribution < -0.4 is 5.73 Å². The van der Waals surface area contributed by atoms with Crippen LogP contribution in [0.2, 0.25) is 0 Å². The summed E-state index contributed by atoms with van der Waals surface area (Å²) in [6.07, 6.45) is 10.2. The highest BCUT2D eigenvalue weighted by Crippen LogP contribution is 2.38. The molecule has 1 aromatic carbocycles. The Hall–Kier alpha value is -1.13. The lowest BCUT2D eigenvalue weighted by molar-refractivity contribution is 0.461. The largest absolute Gasteiger partial charge is 0.321 e. The van der Waals surface area contributed by atoms with Crippen molar-refractivity contribution in [3.63, 3.8) is 0 Å². The monoisotopic (exact) mass is 305 g/mol. The minimum atomic E-state index is -0.129. The normalized spacial score (nSPS) is 18.1. The van der Waals surface area contributed by atoms with Gasteiger partial charge in [-0.1, -0.05) is 18.9 Å². The Morgan fingerprint density at radius 3 is 2.67 bits per heavy atom. The molecule has 1 fully saturated rings. The molecule has 2 aromatic rings. The molecule has 1 aliphatic rings. The first-order chi connectivity index (χ1) is 8.69. The second kappa shape index (κ2) is 4.52. The first kappa shape index (κ1) is 11.9. The summed E-state index contributed by atoms with van der Waals surface area (Å²) in [5.74, 6) is 0. The molecule has 0 aliphatic heterocycles. The van der Waals surface area contributed by atoms with Gasteiger partial charge in [0.1, 0.15) is 0 Å². The third-order valence-electron chi connectivity index (χ3n) is 3.80. The predicted octanol–water partition coefficient (Wildman–Crippen LogP) is 3.36. The zero-order chi connectivity index (χ0) is 12.6. The van der Waals surface area contributed by atoms with Crippen molar-refractivity contribution in [1.29, 1.82) is 0 Å². The summed E-state index contributed by atoms with van der Waals surface area (Å²) < 4.78 is 3.06. The van der Waals surface area contributed by atoms with Crippen molar-refractivity contribution in [2.75, 3.05) is 0 Å². The fourth-order valence-electron chi connectivity index (χ4n) is 2.72. The van der Waals surface area contributed by atoms with Gasteiger partial charge in [-0.3, -0.25) is 0 Å². The van der Waals surface area contributed by atoms with E-state index in [2.05, 4.69) is 39.1 Å². The van der Waals surface area contributed by atoms with Crippen LogP contribution in [0.4, 0.5) is 0 Å². The summed E-state index contributed by atoms with van der Waals surface area (Å²) in [5.41, 5.74) is 8.68. The highest BCUT2D eigenvalue weighted by molar-refractivity contribution is 9.10. The van der Waals surface area contributed by atoms with Crippen LogP contribution in [0.15, 0.2) is 41.4 Å². The van der Waals surface area contributed by atoms with Crippen LogP contribution >= 0.6 is 15.9 Å². The molecule has 3 nitrogen and oxygen atoms in total. The lowest BCUT2D eigenvalue weighted by atomic mass is 9.89. The maximum atomic E-state index is 6.48. The SMILES string of the molecule is NC1(c2ccc(-n3ccnc3)c(Br)c2)CCCC1. The maximum Gasteiger partial charge on any atom is 0.0992 e. The molecule has 2 N–H and O–H groups in total. The standard InChI is InChI=1S/C14H16BrN3/c15-12-9-11(14(16)5-1-2-6-14)3-4-13(12)18-8-7-17-10-18/h3-4,7-10H,1-2,5-6,16H2. The molecular weight excluding hydrogens is 290 g/mol. The summed E-state index contributed by atoms with van der Waals surface area (Å²) in [6, 6.07) is 6.40. The van der Waals surface area contributed by atoms with Gasteiger partial charge in [-0.15, -0.1) is 0 Å². The molecule has 0 spiro atoms. The molecule has 0 saturated heterocycles. The van der Waals surface area contributed by atoms with Gasteiger partial charge in [0.2, 0.25) is 0 Å². The molecule has 0 unspecified atom stereocenters. The second-order valence-corrected chi connectivity index (χ2v) is 5.85. The number of nitrogens with zero attached hydrogens (tertiary/aromatic N) is 2. The highest BCUT2D eigenvalue weighted by atomic mass is 79.9. The number of benzene rings is 1. The Morgan fingerprint density at radius 1 is 1.28 bits per heavy atom. The van der Waals surface area contributed by atoms with E-state index in [0.717, 1.165) is 23.0 Å². The molecule has 1 aromatic heterocycles. The van der Waals surface area contributed by atoms with E-state index in [1.807, 2.05) is 10.8 Å². The van der Waals surface area contributed by atoms with E-state index in [0.29, 0.717) is 0 Å². The van der Waals surface area contributed by atoms with Gasteiger partial charge in [-0.2, -0.15) is 0 Å². The van der Waals surface area contributed by atoms with Crippen molar-refractivity contribution in [3.05, 3.63) is 47.0 Å². The Labute approximate surface area is 115 Å².